The maximum atomic E-state index is 13.4. The standard InChI is InChI=1S/C8H4ClFN2OS/c9-5-3-1-2-4(6(5)10)7-11-12-8(14)13-7/h1-3H,(H,12,14). The second-order valence-electron chi connectivity index (χ2n) is 2.52. The fourth-order valence-electron chi connectivity index (χ4n) is 1.01. The van der Waals surface area contributed by atoms with Crippen molar-refractivity contribution in [2.75, 3.05) is 0 Å². The second kappa shape index (κ2) is 3.51. The van der Waals surface area contributed by atoms with Gasteiger partial charge in [0, 0.05) is 0 Å². The van der Waals surface area contributed by atoms with Crippen molar-refractivity contribution in [1.82, 2.24) is 10.2 Å². The Labute approximate surface area is 88.5 Å². The van der Waals surface area contributed by atoms with Gasteiger partial charge in [-0.05, 0) is 24.4 Å². The number of rotatable bonds is 1. The van der Waals surface area contributed by atoms with Crippen LogP contribution < -0.4 is 0 Å². The van der Waals surface area contributed by atoms with Crippen molar-refractivity contribution >= 4 is 23.8 Å². The molecular formula is C8H4ClFN2OS. The highest BCUT2D eigenvalue weighted by Crippen LogP contribution is 2.25. The van der Waals surface area contributed by atoms with Crippen molar-refractivity contribution in [1.29, 1.82) is 0 Å². The molecule has 0 radical (unpaired) electrons. The zero-order chi connectivity index (χ0) is 10.1. The van der Waals surface area contributed by atoms with E-state index in [4.69, 9.17) is 16.0 Å². The Kier molecular flexibility index (Phi) is 2.35. The summed E-state index contributed by atoms with van der Waals surface area (Å²) in [4.78, 5) is 0.0966. The summed E-state index contributed by atoms with van der Waals surface area (Å²) in [5.41, 5.74) is 0.185. The highest BCUT2D eigenvalue weighted by atomic mass is 35.5. The second-order valence-corrected chi connectivity index (χ2v) is 3.30. The quantitative estimate of drug-likeness (QED) is 0.765. The molecule has 0 saturated heterocycles. The molecule has 0 bridgehead atoms. The van der Waals surface area contributed by atoms with Gasteiger partial charge in [-0.15, -0.1) is 5.10 Å². The van der Waals surface area contributed by atoms with Gasteiger partial charge in [-0.25, -0.2) is 9.49 Å². The van der Waals surface area contributed by atoms with Crippen LogP contribution in [0.2, 0.25) is 5.02 Å². The average molecular weight is 231 g/mol. The van der Waals surface area contributed by atoms with Crippen LogP contribution in [0.3, 0.4) is 0 Å². The first kappa shape index (κ1) is 9.36. The molecule has 1 aromatic carbocycles. The predicted octanol–water partition coefficient (Wildman–Crippen LogP) is 3.19. The molecular weight excluding hydrogens is 227 g/mol. The Bertz CT molecular complexity index is 522. The van der Waals surface area contributed by atoms with E-state index in [0.29, 0.717) is 0 Å². The molecule has 0 aliphatic rings. The van der Waals surface area contributed by atoms with Crippen LogP contribution in [0.15, 0.2) is 22.6 Å². The van der Waals surface area contributed by atoms with Gasteiger partial charge in [0.25, 0.3) is 4.84 Å². The van der Waals surface area contributed by atoms with E-state index in [1.165, 1.54) is 12.1 Å². The monoisotopic (exact) mass is 230 g/mol. The molecule has 3 nitrogen and oxygen atoms in total. The number of hydrogen-bond acceptors (Lipinski definition) is 3. The molecule has 1 N–H and O–H groups in total. The molecule has 2 rings (SSSR count). The molecule has 2 aromatic rings. The van der Waals surface area contributed by atoms with E-state index in [2.05, 4.69) is 22.4 Å². The largest absolute Gasteiger partial charge is 0.409 e. The maximum absolute atomic E-state index is 13.4. The molecule has 0 fully saturated rings. The smallest absolute Gasteiger partial charge is 0.284 e. The Morgan fingerprint density at radius 2 is 2.29 bits per heavy atom. The van der Waals surface area contributed by atoms with E-state index in [-0.39, 0.29) is 21.3 Å². The van der Waals surface area contributed by atoms with E-state index in [1.807, 2.05) is 0 Å². The molecule has 0 atom stereocenters. The Hall–Kier alpha value is -1.20. The van der Waals surface area contributed by atoms with Gasteiger partial charge in [-0.2, -0.15) is 0 Å². The first-order valence-electron chi connectivity index (χ1n) is 3.68. The van der Waals surface area contributed by atoms with Crippen LogP contribution >= 0.6 is 23.8 Å². The number of aromatic amines is 1. The predicted molar refractivity (Wildman–Crippen MR) is 52.1 cm³/mol. The third-order valence-electron chi connectivity index (χ3n) is 1.62. The lowest BCUT2D eigenvalue weighted by Gasteiger charge is -1.97. The lowest BCUT2D eigenvalue weighted by atomic mass is 10.2. The number of aromatic nitrogens is 2. The fourth-order valence-corrected chi connectivity index (χ4v) is 1.31. The summed E-state index contributed by atoms with van der Waals surface area (Å²) >= 11 is 10.3. The van der Waals surface area contributed by atoms with Crippen LogP contribution in [-0.2, 0) is 0 Å². The van der Waals surface area contributed by atoms with Gasteiger partial charge in [0.1, 0.15) is 0 Å². The maximum Gasteiger partial charge on any atom is 0.284 e. The van der Waals surface area contributed by atoms with E-state index in [0.717, 1.165) is 0 Å². The zero-order valence-corrected chi connectivity index (χ0v) is 8.32. The lowest BCUT2D eigenvalue weighted by molar-refractivity contribution is 0.543. The van der Waals surface area contributed by atoms with E-state index in [1.54, 1.807) is 6.07 Å². The van der Waals surface area contributed by atoms with Gasteiger partial charge in [0.2, 0.25) is 5.89 Å². The molecule has 6 heteroatoms. The van der Waals surface area contributed by atoms with E-state index >= 15 is 0 Å². The highest BCUT2D eigenvalue weighted by Gasteiger charge is 2.12. The van der Waals surface area contributed by atoms with E-state index < -0.39 is 5.82 Å². The number of H-pyrrole nitrogens is 1. The molecule has 14 heavy (non-hydrogen) atoms. The van der Waals surface area contributed by atoms with E-state index in [9.17, 15) is 4.39 Å². The summed E-state index contributed by atoms with van der Waals surface area (Å²) in [7, 11) is 0. The van der Waals surface area contributed by atoms with Gasteiger partial charge < -0.3 is 4.42 Å². The van der Waals surface area contributed by atoms with Gasteiger partial charge in [-0.3, -0.25) is 0 Å². The number of hydrogen-bond donors (Lipinski definition) is 1. The SMILES string of the molecule is Fc1c(Cl)cccc1-c1n[nH]c(=S)o1. The Morgan fingerprint density at radius 1 is 1.50 bits per heavy atom. The summed E-state index contributed by atoms with van der Waals surface area (Å²) in [5, 5.41) is 6.12. The van der Waals surface area contributed by atoms with Gasteiger partial charge in [-0.1, -0.05) is 17.7 Å². The van der Waals surface area contributed by atoms with Crippen molar-refractivity contribution in [2.24, 2.45) is 0 Å². The van der Waals surface area contributed by atoms with Crippen LogP contribution in [0.1, 0.15) is 0 Å². The highest BCUT2D eigenvalue weighted by molar-refractivity contribution is 7.71. The molecule has 72 valence electrons. The molecule has 1 aromatic heterocycles. The van der Waals surface area contributed by atoms with Crippen molar-refractivity contribution < 1.29 is 8.81 Å². The summed E-state index contributed by atoms with van der Waals surface area (Å²) in [5.74, 6) is -0.477. The zero-order valence-electron chi connectivity index (χ0n) is 6.75. The average Bonchev–Trinajstić information content (AvgIpc) is 2.57. The number of nitrogens with one attached hydrogen (secondary N) is 1. The fraction of sp³-hybridized carbons (Fsp3) is 0. The summed E-state index contributed by atoms with van der Waals surface area (Å²) in [6.07, 6.45) is 0. The normalized spacial score (nSPS) is 10.4. The minimum absolute atomic E-state index is 0.0200. The van der Waals surface area contributed by atoms with Crippen molar-refractivity contribution in [3.8, 4) is 11.5 Å². The molecule has 0 saturated carbocycles. The van der Waals surface area contributed by atoms with Gasteiger partial charge in [0.15, 0.2) is 5.82 Å². The number of nitrogens with zero attached hydrogens (tertiary/aromatic N) is 1. The Balaban J connectivity index is 2.62. The van der Waals surface area contributed by atoms with Crippen LogP contribution in [0.5, 0.6) is 0 Å². The third kappa shape index (κ3) is 1.56. The topological polar surface area (TPSA) is 41.8 Å². The van der Waals surface area contributed by atoms with Crippen LogP contribution in [-0.4, -0.2) is 10.2 Å². The summed E-state index contributed by atoms with van der Waals surface area (Å²) in [6, 6.07) is 4.56. The number of halogens is 2. The molecule has 0 unspecified atom stereocenters. The Morgan fingerprint density at radius 3 is 2.93 bits per heavy atom. The molecule has 1 heterocycles. The lowest BCUT2D eigenvalue weighted by Crippen LogP contribution is -1.85. The first-order chi connectivity index (χ1) is 6.68. The number of benzene rings is 1. The molecule has 0 aliphatic carbocycles. The minimum Gasteiger partial charge on any atom is -0.409 e. The summed E-state index contributed by atoms with van der Waals surface area (Å²) < 4.78 is 18.4. The first-order valence-corrected chi connectivity index (χ1v) is 4.47. The van der Waals surface area contributed by atoms with Crippen molar-refractivity contribution in [2.45, 2.75) is 0 Å². The van der Waals surface area contributed by atoms with Gasteiger partial charge >= 0.3 is 0 Å². The van der Waals surface area contributed by atoms with Crippen LogP contribution in [0, 0.1) is 10.7 Å². The van der Waals surface area contributed by atoms with Crippen molar-refractivity contribution in [3.05, 3.63) is 33.9 Å². The molecule has 0 spiro atoms. The minimum atomic E-state index is -0.570. The molecule has 0 amide bonds. The van der Waals surface area contributed by atoms with Crippen LogP contribution in [0.4, 0.5) is 4.39 Å². The molecule has 0 aliphatic heterocycles. The van der Waals surface area contributed by atoms with Gasteiger partial charge in [0.05, 0.1) is 10.6 Å². The van der Waals surface area contributed by atoms with Crippen LogP contribution in [0.25, 0.3) is 11.5 Å². The van der Waals surface area contributed by atoms with Crippen molar-refractivity contribution in [3.63, 3.8) is 0 Å². The summed E-state index contributed by atoms with van der Waals surface area (Å²) in [6.45, 7) is 0. The third-order valence-corrected chi connectivity index (χ3v) is 2.09.